The standard InChI is InChI=1S/C11H23NO3S/c1-10-5-6-12(9-11(10)2)16(14,15)8-4-3-7-13/h10-11,13H,3-9H2,1-2H3. The predicted molar refractivity (Wildman–Crippen MR) is 64.6 cm³/mol. The van der Waals surface area contributed by atoms with Crippen LogP contribution in [0.15, 0.2) is 0 Å². The smallest absolute Gasteiger partial charge is 0.214 e. The molecule has 1 rings (SSSR count). The van der Waals surface area contributed by atoms with Gasteiger partial charge in [0.15, 0.2) is 0 Å². The molecule has 0 amide bonds. The second-order valence-corrected chi connectivity index (χ2v) is 6.94. The van der Waals surface area contributed by atoms with E-state index in [0.29, 0.717) is 37.8 Å². The van der Waals surface area contributed by atoms with Gasteiger partial charge in [0.05, 0.1) is 5.75 Å². The molecule has 1 saturated heterocycles. The van der Waals surface area contributed by atoms with Gasteiger partial charge >= 0.3 is 0 Å². The van der Waals surface area contributed by atoms with E-state index in [9.17, 15) is 8.42 Å². The molecular weight excluding hydrogens is 226 g/mol. The summed E-state index contributed by atoms with van der Waals surface area (Å²) in [6.07, 6.45) is 2.08. The average Bonchev–Trinajstić information content (AvgIpc) is 2.22. The van der Waals surface area contributed by atoms with Crippen molar-refractivity contribution in [2.24, 2.45) is 11.8 Å². The monoisotopic (exact) mass is 249 g/mol. The van der Waals surface area contributed by atoms with Crippen LogP contribution in [0.4, 0.5) is 0 Å². The fourth-order valence-corrected chi connectivity index (χ4v) is 3.68. The quantitative estimate of drug-likeness (QED) is 0.741. The van der Waals surface area contributed by atoms with E-state index in [1.54, 1.807) is 4.31 Å². The first-order chi connectivity index (χ1) is 7.47. The van der Waals surface area contributed by atoms with E-state index < -0.39 is 10.0 Å². The van der Waals surface area contributed by atoms with E-state index >= 15 is 0 Å². The SMILES string of the molecule is CC1CCN(S(=O)(=O)CCCCO)CC1C. The number of hydrogen-bond acceptors (Lipinski definition) is 3. The van der Waals surface area contributed by atoms with Gasteiger partial charge in [0.1, 0.15) is 0 Å². The van der Waals surface area contributed by atoms with Crippen molar-refractivity contribution in [3.63, 3.8) is 0 Å². The first-order valence-electron chi connectivity index (χ1n) is 6.06. The number of unbranched alkanes of at least 4 members (excludes halogenated alkanes) is 1. The van der Waals surface area contributed by atoms with Crippen LogP contribution >= 0.6 is 0 Å². The molecule has 1 heterocycles. The molecule has 2 atom stereocenters. The Bertz CT molecular complexity index is 302. The molecule has 96 valence electrons. The zero-order chi connectivity index (χ0) is 12.2. The number of rotatable bonds is 5. The van der Waals surface area contributed by atoms with Crippen LogP contribution in [0.1, 0.15) is 33.1 Å². The Morgan fingerprint density at radius 3 is 2.50 bits per heavy atom. The maximum Gasteiger partial charge on any atom is 0.214 e. The van der Waals surface area contributed by atoms with E-state index in [4.69, 9.17) is 5.11 Å². The third kappa shape index (κ3) is 3.71. The van der Waals surface area contributed by atoms with Gasteiger partial charge in [-0.2, -0.15) is 0 Å². The molecule has 2 unspecified atom stereocenters. The average molecular weight is 249 g/mol. The Kier molecular flexibility index (Phi) is 5.21. The molecule has 0 bridgehead atoms. The van der Waals surface area contributed by atoms with Crippen LogP contribution in [0, 0.1) is 11.8 Å². The minimum Gasteiger partial charge on any atom is -0.396 e. The Balaban J connectivity index is 2.49. The summed E-state index contributed by atoms with van der Waals surface area (Å²) in [5.41, 5.74) is 0. The second-order valence-electron chi connectivity index (χ2n) is 4.85. The minimum absolute atomic E-state index is 0.0724. The Morgan fingerprint density at radius 2 is 1.94 bits per heavy atom. The van der Waals surface area contributed by atoms with Gasteiger partial charge in [-0.25, -0.2) is 12.7 Å². The predicted octanol–water partition coefficient (Wildman–Crippen LogP) is 1.07. The van der Waals surface area contributed by atoms with Crippen LogP contribution < -0.4 is 0 Å². The lowest BCUT2D eigenvalue weighted by atomic mass is 9.90. The lowest BCUT2D eigenvalue weighted by Gasteiger charge is -2.34. The molecule has 0 aromatic heterocycles. The summed E-state index contributed by atoms with van der Waals surface area (Å²) in [6.45, 7) is 5.68. The van der Waals surface area contributed by atoms with Crippen molar-refractivity contribution in [3.05, 3.63) is 0 Å². The summed E-state index contributed by atoms with van der Waals surface area (Å²) in [4.78, 5) is 0. The van der Waals surface area contributed by atoms with Crippen molar-refractivity contribution in [2.45, 2.75) is 33.1 Å². The van der Waals surface area contributed by atoms with Gasteiger partial charge in [0.25, 0.3) is 0 Å². The van der Waals surface area contributed by atoms with E-state index in [1.165, 1.54) is 0 Å². The number of aliphatic hydroxyl groups is 1. The van der Waals surface area contributed by atoms with Crippen LogP contribution in [0.3, 0.4) is 0 Å². The van der Waals surface area contributed by atoms with E-state index in [0.717, 1.165) is 6.42 Å². The van der Waals surface area contributed by atoms with Gasteiger partial charge in [-0.1, -0.05) is 13.8 Å². The van der Waals surface area contributed by atoms with Crippen LogP contribution in [0.5, 0.6) is 0 Å². The van der Waals surface area contributed by atoms with Gasteiger partial charge in [-0.3, -0.25) is 0 Å². The first-order valence-corrected chi connectivity index (χ1v) is 7.67. The molecule has 0 spiro atoms. The molecule has 1 N–H and O–H groups in total. The zero-order valence-corrected chi connectivity index (χ0v) is 11.0. The number of sulfonamides is 1. The van der Waals surface area contributed by atoms with Gasteiger partial charge in [-0.05, 0) is 31.1 Å². The molecule has 0 aromatic carbocycles. The topological polar surface area (TPSA) is 57.6 Å². The van der Waals surface area contributed by atoms with Crippen molar-refractivity contribution >= 4 is 10.0 Å². The van der Waals surface area contributed by atoms with Crippen LogP contribution in [-0.2, 0) is 10.0 Å². The van der Waals surface area contributed by atoms with Gasteiger partial charge in [0.2, 0.25) is 10.0 Å². The summed E-state index contributed by atoms with van der Waals surface area (Å²) in [7, 11) is -3.09. The summed E-state index contributed by atoms with van der Waals surface area (Å²) in [5, 5.41) is 8.64. The van der Waals surface area contributed by atoms with Gasteiger partial charge in [-0.15, -0.1) is 0 Å². The fraction of sp³-hybridized carbons (Fsp3) is 1.00. The van der Waals surface area contributed by atoms with E-state index in [-0.39, 0.29) is 12.4 Å². The summed E-state index contributed by atoms with van der Waals surface area (Å²) in [6, 6.07) is 0. The molecule has 1 fully saturated rings. The molecular formula is C11H23NO3S. The molecule has 1 aliphatic heterocycles. The van der Waals surface area contributed by atoms with Crippen molar-refractivity contribution < 1.29 is 13.5 Å². The fourth-order valence-electron chi connectivity index (χ4n) is 2.00. The normalized spacial score (nSPS) is 28.2. The molecule has 16 heavy (non-hydrogen) atoms. The Hall–Kier alpha value is -0.130. The number of piperidine rings is 1. The third-order valence-corrected chi connectivity index (χ3v) is 5.42. The second kappa shape index (κ2) is 5.98. The van der Waals surface area contributed by atoms with Crippen LogP contribution in [0.2, 0.25) is 0 Å². The minimum atomic E-state index is -3.09. The first kappa shape index (κ1) is 13.9. The lowest BCUT2D eigenvalue weighted by molar-refractivity contribution is 0.212. The van der Waals surface area contributed by atoms with Crippen molar-refractivity contribution in [3.8, 4) is 0 Å². The highest BCUT2D eigenvalue weighted by Crippen LogP contribution is 2.24. The lowest BCUT2D eigenvalue weighted by Crippen LogP contribution is -2.43. The highest BCUT2D eigenvalue weighted by molar-refractivity contribution is 7.89. The molecule has 0 aromatic rings. The Labute approximate surface area is 98.7 Å². The van der Waals surface area contributed by atoms with Crippen LogP contribution in [-0.4, -0.2) is 43.3 Å². The maximum atomic E-state index is 12.0. The number of nitrogens with zero attached hydrogens (tertiary/aromatic N) is 1. The molecule has 0 saturated carbocycles. The highest BCUT2D eigenvalue weighted by atomic mass is 32.2. The highest BCUT2D eigenvalue weighted by Gasteiger charge is 2.29. The molecule has 4 nitrogen and oxygen atoms in total. The molecule has 5 heteroatoms. The van der Waals surface area contributed by atoms with Gasteiger partial charge < -0.3 is 5.11 Å². The summed E-state index contributed by atoms with van der Waals surface area (Å²) in [5.74, 6) is 1.24. The largest absolute Gasteiger partial charge is 0.396 e. The van der Waals surface area contributed by atoms with Crippen LogP contribution in [0.25, 0.3) is 0 Å². The van der Waals surface area contributed by atoms with Crippen molar-refractivity contribution in [1.82, 2.24) is 4.31 Å². The van der Waals surface area contributed by atoms with Crippen molar-refractivity contribution in [1.29, 1.82) is 0 Å². The summed E-state index contributed by atoms with van der Waals surface area (Å²) >= 11 is 0. The van der Waals surface area contributed by atoms with Gasteiger partial charge in [0, 0.05) is 19.7 Å². The zero-order valence-electron chi connectivity index (χ0n) is 10.2. The molecule has 0 radical (unpaired) electrons. The molecule has 0 aliphatic carbocycles. The third-order valence-electron chi connectivity index (χ3n) is 3.50. The number of aliphatic hydroxyl groups excluding tert-OH is 1. The van der Waals surface area contributed by atoms with E-state index in [1.807, 2.05) is 0 Å². The summed E-state index contributed by atoms with van der Waals surface area (Å²) < 4.78 is 25.5. The van der Waals surface area contributed by atoms with Crippen molar-refractivity contribution in [2.75, 3.05) is 25.4 Å². The van der Waals surface area contributed by atoms with E-state index in [2.05, 4.69) is 13.8 Å². The molecule has 1 aliphatic rings. The number of hydrogen-bond donors (Lipinski definition) is 1. The maximum absolute atomic E-state index is 12.0. The Morgan fingerprint density at radius 1 is 1.25 bits per heavy atom.